The summed E-state index contributed by atoms with van der Waals surface area (Å²) >= 11 is 0. The van der Waals surface area contributed by atoms with Crippen LogP contribution in [0.3, 0.4) is 0 Å². The second-order valence-corrected chi connectivity index (χ2v) is 7.03. The van der Waals surface area contributed by atoms with Crippen LogP contribution in [-0.2, 0) is 13.5 Å². The van der Waals surface area contributed by atoms with E-state index in [0.29, 0.717) is 6.04 Å². The van der Waals surface area contributed by atoms with E-state index in [0.717, 1.165) is 52.0 Å². The molecule has 0 saturated carbocycles. The summed E-state index contributed by atoms with van der Waals surface area (Å²) in [5.74, 6) is 0. The van der Waals surface area contributed by atoms with E-state index in [1.165, 1.54) is 16.5 Å². The van der Waals surface area contributed by atoms with Crippen LogP contribution in [0.25, 0.3) is 10.9 Å². The van der Waals surface area contributed by atoms with Gasteiger partial charge in [-0.3, -0.25) is 0 Å². The van der Waals surface area contributed by atoms with Gasteiger partial charge in [-0.2, -0.15) is 0 Å². The number of aromatic nitrogens is 1. The van der Waals surface area contributed by atoms with Gasteiger partial charge in [0.25, 0.3) is 0 Å². The summed E-state index contributed by atoms with van der Waals surface area (Å²) in [6.07, 6.45) is 5.56. The molecule has 0 bridgehead atoms. The van der Waals surface area contributed by atoms with Gasteiger partial charge >= 0.3 is 6.03 Å². The molecular weight excluding hydrogens is 300 g/mol. The molecule has 128 valence electrons. The van der Waals surface area contributed by atoms with E-state index in [2.05, 4.69) is 52.3 Å². The minimum atomic E-state index is 0.129. The molecule has 2 aliphatic heterocycles. The van der Waals surface area contributed by atoms with Gasteiger partial charge < -0.3 is 19.7 Å². The third kappa shape index (κ3) is 2.88. The molecule has 3 heterocycles. The fourth-order valence-corrected chi connectivity index (χ4v) is 4.19. The van der Waals surface area contributed by atoms with Gasteiger partial charge in [0.1, 0.15) is 0 Å². The van der Waals surface area contributed by atoms with Crippen molar-refractivity contribution in [2.45, 2.75) is 25.3 Å². The standard InChI is InChI=1S/C19H26N4O/c1-21-14-15(17-4-2-3-5-18(17)21)6-10-22-11-7-16(8-12-22)23-13-9-20-19(23)24/h2-5,14,16H,6-13H2,1H3,(H,20,24). The van der Waals surface area contributed by atoms with Crippen molar-refractivity contribution in [1.82, 2.24) is 19.7 Å². The molecule has 2 saturated heterocycles. The molecule has 2 aliphatic rings. The molecule has 2 fully saturated rings. The number of para-hydroxylation sites is 1. The molecule has 2 amide bonds. The Kier molecular flexibility index (Phi) is 4.19. The van der Waals surface area contributed by atoms with Crippen LogP contribution in [0.15, 0.2) is 30.5 Å². The van der Waals surface area contributed by atoms with E-state index >= 15 is 0 Å². The van der Waals surface area contributed by atoms with Gasteiger partial charge in [0.15, 0.2) is 0 Å². The molecule has 1 N–H and O–H groups in total. The van der Waals surface area contributed by atoms with Crippen molar-refractivity contribution in [2.24, 2.45) is 7.05 Å². The molecule has 5 heteroatoms. The lowest BCUT2D eigenvalue weighted by atomic mass is 10.0. The van der Waals surface area contributed by atoms with Gasteiger partial charge in [-0.1, -0.05) is 18.2 Å². The van der Waals surface area contributed by atoms with Gasteiger partial charge in [0.05, 0.1) is 0 Å². The molecule has 1 aromatic heterocycles. The summed E-state index contributed by atoms with van der Waals surface area (Å²) in [6.45, 7) is 4.98. The predicted octanol–water partition coefficient (Wildman–Crippen LogP) is 2.21. The van der Waals surface area contributed by atoms with E-state index < -0.39 is 0 Å². The largest absolute Gasteiger partial charge is 0.350 e. The van der Waals surface area contributed by atoms with Crippen molar-refractivity contribution >= 4 is 16.9 Å². The highest BCUT2D eigenvalue weighted by atomic mass is 16.2. The Morgan fingerprint density at radius 1 is 1.17 bits per heavy atom. The number of nitrogens with one attached hydrogen (secondary N) is 1. The second kappa shape index (κ2) is 6.48. The SMILES string of the molecule is Cn1cc(CCN2CCC(N3CCNC3=O)CC2)c2ccccc21. The molecule has 5 nitrogen and oxygen atoms in total. The van der Waals surface area contributed by atoms with E-state index in [1.807, 2.05) is 4.90 Å². The number of carbonyl (C=O) groups excluding carboxylic acids is 1. The zero-order chi connectivity index (χ0) is 16.5. The molecule has 1 aromatic carbocycles. The molecular formula is C19H26N4O. The molecule has 0 aliphatic carbocycles. The van der Waals surface area contributed by atoms with Crippen molar-refractivity contribution < 1.29 is 4.79 Å². The Labute approximate surface area is 143 Å². The summed E-state index contributed by atoms with van der Waals surface area (Å²) in [7, 11) is 2.12. The summed E-state index contributed by atoms with van der Waals surface area (Å²) in [5.41, 5.74) is 2.75. The van der Waals surface area contributed by atoms with Crippen LogP contribution in [0.2, 0.25) is 0 Å². The number of likely N-dealkylation sites (tertiary alicyclic amines) is 1. The quantitative estimate of drug-likeness (QED) is 0.936. The molecule has 4 rings (SSSR count). The topological polar surface area (TPSA) is 40.5 Å². The molecule has 0 radical (unpaired) electrons. The molecule has 24 heavy (non-hydrogen) atoms. The van der Waals surface area contributed by atoms with Crippen molar-refractivity contribution in [3.8, 4) is 0 Å². The van der Waals surface area contributed by atoms with Gasteiger partial charge in [0, 0.05) is 62.9 Å². The summed E-state index contributed by atoms with van der Waals surface area (Å²) in [6, 6.07) is 9.20. The fourth-order valence-electron chi connectivity index (χ4n) is 4.19. The maximum Gasteiger partial charge on any atom is 0.317 e. The monoisotopic (exact) mass is 326 g/mol. The number of rotatable bonds is 4. The van der Waals surface area contributed by atoms with Crippen LogP contribution in [0.1, 0.15) is 18.4 Å². The molecule has 0 unspecified atom stereocenters. The van der Waals surface area contributed by atoms with Gasteiger partial charge in [-0.25, -0.2) is 4.79 Å². The number of benzene rings is 1. The van der Waals surface area contributed by atoms with Crippen LogP contribution in [0.5, 0.6) is 0 Å². The molecule has 0 spiro atoms. The van der Waals surface area contributed by atoms with Crippen molar-refractivity contribution in [3.05, 3.63) is 36.0 Å². The highest BCUT2D eigenvalue weighted by molar-refractivity contribution is 5.83. The number of fused-ring (bicyclic) bond motifs is 1. The number of nitrogens with zero attached hydrogens (tertiary/aromatic N) is 3. The van der Waals surface area contributed by atoms with E-state index in [9.17, 15) is 4.79 Å². The second-order valence-electron chi connectivity index (χ2n) is 7.03. The maximum atomic E-state index is 11.8. The summed E-state index contributed by atoms with van der Waals surface area (Å²) in [4.78, 5) is 16.4. The summed E-state index contributed by atoms with van der Waals surface area (Å²) in [5, 5.41) is 4.29. The van der Waals surface area contributed by atoms with Crippen LogP contribution in [0, 0.1) is 0 Å². The Morgan fingerprint density at radius 2 is 1.96 bits per heavy atom. The Balaban J connectivity index is 1.33. The lowest BCUT2D eigenvalue weighted by Crippen LogP contribution is -2.46. The zero-order valence-electron chi connectivity index (χ0n) is 14.4. The van der Waals surface area contributed by atoms with Gasteiger partial charge in [-0.15, -0.1) is 0 Å². The van der Waals surface area contributed by atoms with Crippen LogP contribution in [0.4, 0.5) is 4.79 Å². The number of carbonyl (C=O) groups is 1. The predicted molar refractivity (Wildman–Crippen MR) is 96.2 cm³/mol. The normalized spacial score (nSPS) is 20.0. The highest BCUT2D eigenvalue weighted by Crippen LogP contribution is 2.22. The lowest BCUT2D eigenvalue weighted by molar-refractivity contribution is 0.137. The molecule has 2 aromatic rings. The Hall–Kier alpha value is -2.01. The first-order chi connectivity index (χ1) is 11.7. The van der Waals surface area contributed by atoms with E-state index in [4.69, 9.17) is 0 Å². The minimum absolute atomic E-state index is 0.129. The zero-order valence-corrected chi connectivity index (χ0v) is 14.4. The molecule has 0 atom stereocenters. The number of amides is 2. The smallest absolute Gasteiger partial charge is 0.317 e. The van der Waals surface area contributed by atoms with E-state index in [-0.39, 0.29) is 6.03 Å². The van der Waals surface area contributed by atoms with Crippen molar-refractivity contribution in [3.63, 3.8) is 0 Å². The number of piperidine rings is 1. The number of aryl methyl sites for hydroxylation is 1. The van der Waals surface area contributed by atoms with Crippen LogP contribution in [-0.4, -0.2) is 59.2 Å². The van der Waals surface area contributed by atoms with Crippen LogP contribution < -0.4 is 5.32 Å². The summed E-state index contributed by atoms with van der Waals surface area (Å²) < 4.78 is 2.23. The first-order valence-corrected chi connectivity index (χ1v) is 9.02. The third-order valence-electron chi connectivity index (χ3n) is 5.56. The lowest BCUT2D eigenvalue weighted by Gasteiger charge is -2.36. The first-order valence-electron chi connectivity index (χ1n) is 9.02. The Bertz CT molecular complexity index is 730. The Morgan fingerprint density at radius 3 is 2.71 bits per heavy atom. The van der Waals surface area contributed by atoms with Crippen molar-refractivity contribution in [2.75, 3.05) is 32.7 Å². The average Bonchev–Trinajstić information content (AvgIpc) is 3.18. The number of hydrogen-bond donors (Lipinski definition) is 1. The minimum Gasteiger partial charge on any atom is -0.350 e. The third-order valence-corrected chi connectivity index (χ3v) is 5.56. The maximum absolute atomic E-state index is 11.8. The number of urea groups is 1. The fraction of sp³-hybridized carbons (Fsp3) is 0.526. The highest BCUT2D eigenvalue weighted by Gasteiger charge is 2.30. The first kappa shape index (κ1) is 15.5. The van der Waals surface area contributed by atoms with E-state index in [1.54, 1.807) is 0 Å². The van der Waals surface area contributed by atoms with Gasteiger partial charge in [0.2, 0.25) is 0 Å². The van der Waals surface area contributed by atoms with Crippen LogP contribution >= 0.6 is 0 Å². The number of hydrogen-bond acceptors (Lipinski definition) is 2. The van der Waals surface area contributed by atoms with Crippen molar-refractivity contribution in [1.29, 1.82) is 0 Å². The average molecular weight is 326 g/mol. The van der Waals surface area contributed by atoms with Gasteiger partial charge in [-0.05, 0) is 30.9 Å².